The lowest BCUT2D eigenvalue weighted by Gasteiger charge is -2.41. The first-order valence-electron chi connectivity index (χ1n) is 6.02. The van der Waals surface area contributed by atoms with E-state index in [1.165, 1.54) is 0 Å². The molecule has 0 spiro atoms. The Morgan fingerprint density at radius 3 is 2.59 bits per heavy atom. The van der Waals surface area contributed by atoms with E-state index in [1.54, 1.807) is 0 Å². The maximum absolute atomic E-state index is 10.6. The predicted molar refractivity (Wildman–Crippen MR) is 71.5 cm³/mol. The lowest BCUT2D eigenvalue weighted by Crippen LogP contribution is -2.49. The fourth-order valence-corrected chi connectivity index (χ4v) is 3.07. The van der Waals surface area contributed by atoms with Gasteiger partial charge in [0, 0.05) is 17.0 Å². The summed E-state index contributed by atoms with van der Waals surface area (Å²) in [5, 5.41) is 11.3. The van der Waals surface area contributed by atoms with Gasteiger partial charge in [0.15, 0.2) is 0 Å². The SMILES string of the molecule is CN1CCC(c2cccc(Cl)c2)(C(C)(C)O)C1. The van der Waals surface area contributed by atoms with Gasteiger partial charge in [-0.1, -0.05) is 23.7 Å². The quantitative estimate of drug-likeness (QED) is 0.876. The van der Waals surface area contributed by atoms with Gasteiger partial charge in [0.05, 0.1) is 5.60 Å². The van der Waals surface area contributed by atoms with Crippen molar-refractivity contribution in [3.8, 4) is 0 Å². The molecule has 0 aromatic heterocycles. The molecule has 1 heterocycles. The van der Waals surface area contributed by atoms with E-state index in [2.05, 4.69) is 18.0 Å². The summed E-state index contributed by atoms with van der Waals surface area (Å²) in [5.74, 6) is 0. The molecule has 1 fully saturated rings. The molecule has 2 rings (SSSR count). The zero-order valence-corrected chi connectivity index (χ0v) is 11.5. The molecule has 1 unspecified atom stereocenters. The number of rotatable bonds is 2. The summed E-state index contributed by atoms with van der Waals surface area (Å²) in [4.78, 5) is 2.26. The van der Waals surface area contributed by atoms with Crippen molar-refractivity contribution in [1.82, 2.24) is 4.90 Å². The monoisotopic (exact) mass is 253 g/mol. The Hall–Kier alpha value is -0.570. The highest BCUT2D eigenvalue weighted by Crippen LogP contribution is 2.43. The van der Waals surface area contributed by atoms with E-state index in [0.29, 0.717) is 0 Å². The van der Waals surface area contributed by atoms with Crippen LogP contribution in [0.5, 0.6) is 0 Å². The van der Waals surface area contributed by atoms with Crippen molar-refractivity contribution in [2.45, 2.75) is 31.3 Å². The molecule has 1 atom stereocenters. The summed E-state index contributed by atoms with van der Waals surface area (Å²) >= 11 is 6.08. The van der Waals surface area contributed by atoms with Gasteiger partial charge in [0.25, 0.3) is 0 Å². The summed E-state index contributed by atoms with van der Waals surface area (Å²) in [7, 11) is 2.10. The molecule has 0 radical (unpaired) electrons. The summed E-state index contributed by atoms with van der Waals surface area (Å²) < 4.78 is 0. The number of nitrogens with zero attached hydrogens (tertiary/aromatic N) is 1. The highest BCUT2D eigenvalue weighted by Gasteiger charge is 2.49. The van der Waals surface area contributed by atoms with E-state index in [0.717, 1.165) is 30.1 Å². The van der Waals surface area contributed by atoms with E-state index in [9.17, 15) is 5.11 Å². The number of likely N-dealkylation sites (tertiary alicyclic amines) is 1. The number of hydrogen-bond acceptors (Lipinski definition) is 2. The molecule has 3 heteroatoms. The molecule has 2 nitrogen and oxygen atoms in total. The second kappa shape index (κ2) is 4.27. The number of hydrogen-bond donors (Lipinski definition) is 1. The van der Waals surface area contributed by atoms with Crippen LogP contribution < -0.4 is 0 Å². The van der Waals surface area contributed by atoms with E-state index in [1.807, 2.05) is 32.0 Å². The Kier molecular flexibility index (Phi) is 3.23. The maximum atomic E-state index is 10.6. The first kappa shape index (κ1) is 12.9. The van der Waals surface area contributed by atoms with Crippen LogP contribution in [-0.2, 0) is 5.41 Å². The Morgan fingerprint density at radius 2 is 2.12 bits per heavy atom. The highest BCUT2D eigenvalue weighted by molar-refractivity contribution is 6.30. The van der Waals surface area contributed by atoms with E-state index in [-0.39, 0.29) is 5.41 Å². The molecular formula is C14H20ClNO. The van der Waals surface area contributed by atoms with Gasteiger partial charge in [-0.15, -0.1) is 0 Å². The lowest BCUT2D eigenvalue weighted by atomic mass is 9.68. The number of benzene rings is 1. The molecule has 0 amide bonds. The minimum Gasteiger partial charge on any atom is -0.389 e. The third-order valence-corrected chi connectivity index (χ3v) is 4.24. The van der Waals surface area contributed by atoms with E-state index in [4.69, 9.17) is 11.6 Å². The van der Waals surface area contributed by atoms with Crippen LogP contribution >= 0.6 is 11.6 Å². The maximum Gasteiger partial charge on any atom is 0.0700 e. The van der Waals surface area contributed by atoms with Gasteiger partial charge in [-0.25, -0.2) is 0 Å². The molecule has 1 saturated heterocycles. The topological polar surface area (TPSA) is 23.5 Å². The molecule has 0 bridgehead atoms. The van der Waals surface area contributed by atoms with Crippen molar-refractivity contribution in [2.24, 2.45) is 0 Å². The number of aliphatic hydroxyl groups is 1. The third-order valence-electron chi connectivity index (χ3n) is 4.01. The molecular weight excluding hydrogens is 234 g/mol. The van der Waals surface area contributed by atoms with Crippen LogP contribution in [0, 0.1) is 0 Å². The van der Waals surface area contributed by atoms with Crippen LogP contribution in [0.25, 0.3) is 0 Å². The Balaban J connectivity index is 2.49. The highest BCUT2D eigenvalue weighted by atomic mass is 35.5. The van der Waals surface area contributed by atoms with Crippen molar-refractivity contribution in [3.05, 3.63) is 34.9 Å². The summed E-state index contributed by atoms with van der Waals surface area (Å²) in [6.45, 7) is 5.67. The van der Waals surface area contributed by atoms with Crippen LogP contribution in [0.3, 0.4) is 0 Å². The van der Waals surface area contributed by atoms with E-state index >= 15 is 0 Å². The smallest absolute Gasteiger partial charge is 0.0700 e. The second-order valence-electron chi connectivity index (χ2n) is 5.64. The molecule has 1 aromatic rings. The van der Waals surface area contributed by atoms with Crippen molar-refractivity contribution in [3.63, 3.8) is 0 Å². The Bertz CT molecular complexity index is 413. The fourth-order valence-electron chi connectivity index (χ4n) is 2.87. The zero-order valence-electron chi connectivity index (χ0n) is 10.7. The van der Waals surface area contributed by atoms with Gasteiger partial charge < -0.3 is 10.0 Å². The molecule has 0 aliphatic carbocycles. The second-order valence-corrected chi connectivity index (χ2v) is 6.08. The molecule has 1 N–H and O–H groups in total. The first-order chi connectivity index (χ1) is 7.85. The molecule has 17 heavy (non-hydrogen) atoms. The molecule has 1 aromatic carbocycles. The van der Waals surface area contributed by atoms with Gasteiger partial charge >= 0.3 is 0 Å². The molecule has 1 aliphatic heterocycles. The minimum absolute atomic E-state index is 0.216. The predicted octanol–water partition coefficient (Wildman–Crippen LogP) is 2.68. The molecule has 0 saturated carbocycles. The van der Waals surface area contributed by atoms with Crippen molar-refractivity contribution in [2.75, 3.05) is 20.1 Å². The standard InChI is InChI=1S/C14H20ClNO/c1-13(2,17)14(7-8-16(3)10-14)11-5-4-6-12(15)9-11/h4-6,9,17H,7-8,10H2,1-3H3. The molecule has 94 valence electrons. The summed E-state index contributed by atoms with van der Waals surface area (Å²) in [6.07, 6.45) is 0.966. The third kappa shape index (κ3) is 2.22. The van der Waals surface area contributed by atoms with Crippen LogP contribution in [0.15, 0.2) is 24.3 Å². The van der Waals surface area contributed by atoms with Crippen LogP contribution in [0.2, 0.25) is 5.02 Å². The number of likely N-dealkylation sites (N-methyl/N-ethyl adjacent to an activating group) is 1. The van der Waals surface area contributed by atoms with Gasteiger partial charge in [-0.05, 0) is 51.6 Å². The largest absolute Gasteiger partial charge is 0.389 e. The van der Waals surface area contributed by atoms with Gasteiger partial charge in [0.2, 0.25) is 0 Å². The summed E-state index contributed by atoms with van der Waals surface area (Å²) in [6, 6.07) is 7.90. The average molecular weight is 254 g/mol. The van der Waals surface area contributed by atoms with Crippen LogP contribution in [0.1, 0.15) is 25.8 Å². The zero-order chi connectivity index (χ0) is 12.7. The Morgan fingerprint density at radius 1 is 1.41 bits per heavy atom. The van der Waals surface area contributed by atoms with Gasteiger partial charge in [0.1, 0.15) is 0 Å². The Labute approximate surface area is 108 Å². The van der Waals surface area contributed by atoms with Gasteiger partial charge in [-0.2, -0.15) is 0 Å². The fraction of sp³-hybridized carbons (Fsp3) is 0.571. The van der Waals surface area contributed by atoms with E-state index < -0.39 is 5.60 Å². The first-order valence-corrected chi connectivity index (χ1v) is 6.40. The summed E-state index contributed by atoms with van der Waals surface area (Å²) in [5.41, 5.74) is 0.177. The average Bonchev–Trinajstić information content (AvgIpc) is 2.61. The number of halogens is 1. The van der Waals surface area contributed by atoms with Gasteiger partial charge in [-0.3, -0.25) is 0 Å². The van der Waals surface area contributed by atoms with Crippen molar-refractivity contribution < 1.29 is 5.11 Å². The lowest BCUT2D eigenvalue weighted by molar-refractivity contribution is -0.00249. The van der Waals surface area contributed by atoms with Crippen LogP contribution in [0.4, 0.5) is 0 Å². The minimum atomic E-state index is -0.748. The molecule has 1 aliphatic rings. The van der Waals surface area contributed by atoms with Crippen molar-refractivity contribution >= 4 is 11.6 Å². The van der Waals surface area contributed by atoms with Crippen molar-refractivity contribution in [1.29, 1.82) is 0 Å². The van der Waals surface area contributed by atoms with Crippen LogP contribution in [-0.4, -0.2) is 35.7 Å². The normalized spacial score (nSPS) is 26.4.